The molecule has 0 spiro atoms. The minimum absolute atomic E-state index is 0.0735. The maximum Gasteiger partial charge on any atom is 0.469 e. The number of likely N-dealkylation sites (tertiary alicyclic amines) is 1. The van der Waals surface area contributed by atoms with Gasteiger partial charge in [0.15, 0.2) is 0 Å². The van der Waals surface area contributed by atoms with Gasteiger partial charge in [-0.2, -0.15) is 13.2 Å². The first-order valence-electron chi connectivity index (χ1n) is 13.5. The Balaban J connectivity index is 1.35. The molecule has 0 radical (unpaired) electrons. The molecule has 2 fully saturated rings. The van der Waals surface area contributed by atoms with Crippen LogP contribution in [0.5, 0.6) is 0 Å². The molecule has 13 heteroatoms. The molecule has 1 aliphatic heterocycles. The smallest absolute Gasteiger partial charge is 0.391 e. The van der Waals surface area contributed by atoms with Gasteiger partial charge in [-0.3, -0.25) is 9.32 Å². The Morgan fingerprint density at radius 3 is 2.41 bits per heavy atom. The second-order valence-corrected chi connectivity index (χ2v) is 12.1. The number of amides is 1. The van der Waals surface area contributed by atoms with Crippen LogP contribution in [0, 0.1) is 0 Å². The molecule has 9 nitrogen and oxygen atoms in total. The third kappa shape index (κ3) is 8.39. The molecule has 2 aliphatic rings. The van der Waals surface area contributed by atoms with Gasteiger partial charge in [-0.05, 0) is 67.0 Å². The van der Waals surface area contributed by atoms with Crippen molar-refractivity contribution in [3.63, 3.8) is 0 Å². The van der Waals surface area contributed by atoms with Crippen molar-refractivity contribution in [1.29, 1.82) is 0 Å². The monoisotopic (exact) mass is 597 g/mol. The fourth-order valence-corrected chi connectivity index (χ4v) is 5.83. The second kappa shape index (κ2) is 12.6. The van der Waals surface area contributed by atoms with Crippen LogP contribution in [0.1, 0.15) is 84.0 Å². The molecule has 1 saturated carbocycles. The molecule has 1 aliphatic carbocycles. The third-order valence-corrected chi connectivity index (χ3v) is 8.11. The number of phosphoric ester groups is 1. The highest BCUT2D eigenvalue weighted by Gasteiger charge is 2.39. The molecule has 1 heterocycles. The lowest BCUT2D eigenvalue weighted by molar-refractivity contribution is -0.138. The predicted octanol–water partition coefficient (Wildman–Crippen LogP) is 5.35. The maximum absolute atomic E-state index is 13.8. The molecule has 41 heavy (non-hydrogen) atoms. The number of nitrogens with zero attached hydrogens (tertiary/aromatic N) is 2. The molecular formula is C28H35F3N3O6P. The molecule has 1 unspecified atom stereocenters. The number of carbonyl (C=O) groups is 1. The number of rotatable bonds is 9. The van der Waals surface area contributed by atoms with Crippen molar-refractivity contribution in [2.24, 2.45) is 10.9 Å². The predicted molar refractivity (Wildman–Crippen MR) is 146 cm³/mol. The van der Waals surface area contributed by atoms with E-state index in [4.69, 9.17) is 20.4 Å². The van der Waals surface area contributed by atoms with Crippen LogP contribution >= 0.6 is 7.82 Å². The van der Waals surface area contributed by atoms with Crippen molar-refractivity contribution < 1.29 is 41.7 Å². The number of halogens is 3. The average molecular weight is 598 g/mol. The summed E-state index contributed by atoms with van der Waals surface area (Å²) in [6.45, 7) is 1.59. The van der Waals surface area contributed by atoms with E-state index in [0.29, 0.717) is 40.9 Å². The molecule has 0 bridgehead atoms. The highest BCUT2D eigenvalue weighted by atomic mass is 31.2. The zero-order valence-electron chi connectivity index (χ0n) is 22.8. The van der Waals surface area contributed by atoms with Crippen LogP contribution in [-0.2, 0) is 26.7 Å². The first-order chi connectivity index (χ1) is 19.2. The average Bonchev–Trinajstić information content (AvgIpc) is 3.33. The number of nitrogens with two attached hydrogens (primary N) is 1. The van der Waals surface area contributed by atoms with Gasteiger partial charge in [0.2, 0.25) is 0 Å². The standard InChI is InChI=1S/C28H35F3N3O6P/c1-19(33-39-16-20-7-12-24(22-5-3-2-4-6-22)25(15-20)28(29,30)31)21-8-10-23(11-9-21)26(35)34-14-13-27(32,17-34)18-40-41(36,37)38/h7-12,15,22H,2-6,13-14,16-18,32H2,1H3,(H2,36,37,38). The lowest BCUT2D eigenvalue weighted by Crippen LogP contribution is -2.47. The molecule has 1 amide bonds. The van der Waals surface area contributed by atoms with E-state index in [1.54, 1.807) is 43.3 Å². The molecule has 1 atom stereocenters. The van der Waals surface area contributed by atoms with Crippen molar-refractivity contribution in [1.82, 2.24) is 4.90 Å². The summed E-state index contributed by atoms with van der Waals surface area (Å²) in [6.07, 6.45) is 0.374. The minimum Gasteiger partial charge on any atom is -0.391 e. The Morgan fingerprint density at radius 2 is 1.78 bits per heavy atom. The minimum atomic E-state index is -4.67. The van der Waals surface area contributed by atoms with E-state index in [9.17, 15) is 22.5 Å². The number of alkyl halides is 3. The van der Waals surface area contributed by atoms with Crippen molar-refractivity contribution >= 4 is 19.4 Å². The zero-order valence-corrected chi connectivity index (χ0v) is 23.7. The van der Waals surface area contributed by atoms with Gasteiger partial charge < -0.3 is 25.3 Å². The maximum atomic E-state index is 13.8. The number of hydrogen-bond donors (Lipinski definition) is 3. The van der Waals surface area contributed by atoms with Crippen molar-refractivity contribution in [2.75, 3.05) is 19.7 Å². The van der Waals surface area contributed by atoms with Crippen LogP contribution in [-0.4, -0.2) is 51.5 Å². The molecule has 4 N–H and O–H groups in total. The van der Waals surface area contributed by atoms with Crippen LogP contribution in [0.3, 0.4) is 0 Å². The molecule has 4 rings (SSSR count). The van der Waals surface area contributed by atoms with Crippen LogP contribution in [0.25, 0.3) is 0 Å². The topological polar surface area (TPSA) is 135 Å². The SMILES string of the molecule is CC(=NOCc1ccc(C2CCCCC2)c(C(F)(F)F)c1)c1ccc(C(=O)N2CCC(N)(COP(=O)(O)O)C2)cc1. The van der Waals surface area contributed by atoms with Crippen LogP contribution in [0.2, 0.25) is 0 Å². The van der Waals surface area contributed by atoms with Crippen molar-refractivity contribution in [3.05, 3.63) is 70.3 Å². The Bertz CT molecular complexity index is 1310. The largest absolute Gasteiger partial charge is 0.469 e. The first-order valence-corrected chi connectivity index (χ1v) is 15.0. The van der Waals surface area contributed by atoms with Gasteiger partial charge in [-0.15, -0.1) is 0 Å². The molecule has 224 valence electrons. The molecule has 1 saturated heterocycles. The van der Waals surface area contributed by atoms with Crippen LogP contribution in [0.15, 0.2) is 47.6 Å². The van der Waals surface area contributed by atoms with E-state index >= 15 is 0 Å². The highest BCUT2D eigenvalue weighted by molar-refractivity contribution is 7.46. The van der Waals surface area contributed by atoms with E-state index in [2.05, 4.69) is 9.68 Å². The number of phosphoric acid groups is 1. The summed E-state index contributed by atoms with van der Waals surface area (Å²) in [5, 5.41) is 4.05. The fraction of sp³-hybridized carbons (Fsp3) is 0.500. The summed E-state index contributed by atoms with van der Waals surface area (Å²) < 4.78 is 57.0. The Morgan fingerprint density at radius 1 is 1.12 bits per heavy atom. The van der Waals surface area contributed by atoms with Gasteiger partial charge in [-0.25, -0.2) is 4.57 Å². The summed E-state index contributed by atoms with van der Waals surface area (Å²) in [6, 6.07) is 11.0. The number of oxime groups is 1. The Kier molecular flexibility index (Phi) is 9.60. The van der Waals surface area contributed by atoms with Gasteiger partial charge in [0.1, 0.15) is 6.61 Å². The molecular weight excluding hydrogens is 562 g/mol. The third-order valence-electron chi connectivity index (χ3n) is 7.64. The number of benzene rings is 2. The van der Waals surface area contributed by atoms with E-state index in [1.807, 2.05) is 0 Å². The lowest BCUT2D eigenvalue weighted by Gasteiger charge is -2.25. The Hall–Kier alpha value is -2.76. The molecule has 2 aromatic carbocycles. The van der Waals surface area contributed by atoms with E-state index in [-0.39, 0.29) is 31.6 Å². The highest BCUT2D eigenvalue weighted by Crippen LogP contribution is 2.41. The zero-order chi connectivity index (χ0) is 29.8. The summed E-state index contributed by atoms with van der Waals surface area (Å²) in [7, 11) is -4.67. The lowest BCUT2D eigenvalue weighted by atomic mass is 9.81. The fourth-order valence-electron chi connectivity index (χ4n) is 5.40. The van der Waals surface area contributed by atoms with Gasteiger partial charge in [0, 0.05) is 18.7 Å². The summed E-state index contributed by atoms with van der Waals surface area (Å²) in [5.74, 6) is -0.362. The first kappa shape index (κ1) is 31.2. The second-order valence-electron chi connectivity index (χ2n) is 10.9. The van der Waals surface area contributed by atoms with E-state index < -0.39 is 25.1 Å². The van der Waals surface area contributed by atoms with Crippen LogP contribution in [0.4, 0.5) is 13.2 Å². The number of carbonyl (C=O) groups excluding carboxylic acids is 1. The number of hydrogen-bond acceptors (Lipinski definition) is 6. The summed E-state index contributed by atoms with van der Waals surface area (Å²) in [4.78, 5) is 37.6. The van der Waals surface area contributed by atoms with Gasteiger partial charge in [0.25, 0.3) is 5.91 Å². The van der Waals surface area contributed by atoms with Crippen molar-refractivity contribution in [2.45, 2.75) is 69.7 Å². The normalized spacial score (nSPS) is 20.9. The molecule has 0 aromatic heterocycles. The van der Waals surface area contributed by atoms with Gasteiger partial charge >= 0.3 is 14.0 Å². The van der Waals surface area contributed by atoms with Crippen LogP contribution < -0.4 is 5.73 Å². The van der Waals surface area contributed by atoms with Gasteiger partial charge in [-0.1, -0.05) is 48.7 Å². The summed E-state index contributed by atoms with van der Waals surface area (Å²) in [5.41, 5.74) is 6.75. The van der Waals surface area contributed by atoms with Crippen molar-refractivity contribution in [3.8, 4) is 0 Å². The summed E-state index contributed by atoms with van der Waals surface area (Å²) >= 11 is 0. The Labute approximate surface area is 236 Å². The molecule has 2 aromatic rings. The van der Waals surface area contributed by atoms with E-state index in [1.165, 1.54) is 4.90 Å². The van der Waals surface area contributed by atoms with E-state index in [0.717, 1.165) is 38.2 Å². The van der Waals surface area contributed by atoms with Gasteiger partial charge in [0.05, 0.1) is 23.4 Å². The quantitative estimate of drug-likeness (QED) is 0.202.